The number of amides is 1. The molecule has 2 aromatic heterocycles. The number of ether oxygens (including phenoxy) is 1. The summed E-state index contributed by atoms with van der Waals surface area (Å²) in [6, 6.07) is 12.4. The predicted molar refractivity (Wildman–Crippen MR) is 122 cm³/mol. The first kappa shape index (κ1) is 21.8. The third-order valence-corrected chi connectivity index (χ3v) is 6.59. The Hall–Kier alpha value is -3.06. The highest BCUT2D eigenvalue weighted by Crippen LogP contribution is 2.25. The molecule has 7 heteroatoms. The minimum Gasteiger partial charge on any atom is -0.368 e. The summed E-state index contributed by atoms with van der Waals surface area (Å²) in [6.07, 6.45) is 6.06. The van der Waals surface area contributed by atoms with E-state index in [1.54, 1.807) is 12.1 Å². The van der Waals surface area contributed by atoms with Crippen molar-refractivity contribution < 1.29 is 13.9 Å². The molecule has 1 aromatic carbocycles. The number of halogens is 1. The molecule has 6 nitrogen and oxygen atoms in total. The highest BCUT2D eigenvalue weighted by molar-refractivity contribution is 5.76. The van der Waals surface area contributed by atoms with Crippen molar-refractivity contribution in [1.29, 1.82) is 0 Å². The van der Waals surface area contributed by atoms with Gasteiger partial charge in [0.05, 0.1) is 24.5 Å². The van der Waals surface area contributed by atoms with Gasteiger partial charge in [-0.2, -0.15) is 5.10 Å². The molecule has 0 spiro atoms. The summed E-state index contributed by atoms with van der Waals surface area (Å²) in [4.78, 5) is 19.6. The first-order valence-corrected chi connectivity index (χ1v) is 11.8. The van der Waals surface area contributed by atoms with E-state index in [9.17, 15) is 9.18 Å². The van der Waals surface area contributed by atoms with Gasteiger partial charge in [0, 0.05) is 37.2 Å². The maximum Gasteiger partial charge on any atom is 0.223 e. The molecule has 0 radical (unpaired) electrons. The summed E-state index contributed by atoms with van der Waals surface area (Å²) in [7, 11) is 0. The van der Waals surface area contributed by atoms with E-state index >= 15 is 0 Å². The van der Waals surface area contributed by atoms with E-state index in [0.29, 0.717) is 39.0 Å². The fourth-order valence-corrected chi connectivity index (χ4v) is 4.78. The zero-order valence-electron chi connectivity index (χ0n) is 18.7. The Morgan fingerprint density at radius 2 is 2.00 bits per heavy atom. The lowest BCUT2D eigenvalue weighted by atomic mass is 9.94. The molecule has 1 amide bonds. The summed E-state index contributed by atoms with van der Waals surface area (Å²) in [5.74, 6) is -0.105. The Morgan fingerprint density at radius 3 is 2.88 bits per heavy atom. The molecule has 2 aliphatic rings. The highest BCUT2D eigenvalue weighted by atomic mass is 19.1. The highest BCUT2D eigenvalue weighted by Gasteiger charge is 2.27. The molecule has 0 saturated carbocycles. The lowest BCUT2D eigenvalue weighted by molar-refractivity contribution is -0.139. The Bertz CT molecular complexity index is 1110. The normalized spacial score (nSPS) is 18.2. The lowest BCUT2D eigenvalue weighted by Crippen LogP contribution is -2.42. The van der Waals surface area contributed by atoms with Crippen LogP contribution in [0.2, 0.25) is 0 Å². The zero-order valence-corrected chi connectivity index (χ0v) is 18.7. The van der Waals surface area contributed by atoms with Crippen LogP contribution in [-0.4, -0.2) is 45.7 Å². The fourth-order valence-electron chi connectivity index (χ4n) is 4.78. The van der Waals surface area contributed by atoms with Gasteiger partial charge in [-0.25, -0.2) is 4.39 Å². The second-order valence-electron chi connectivity index (χ2n) is 8.89. The number of aromatic amines is 1. The molecule has 1 saturated heterocycles. The van der Waals surface area contributed by atoms with Crippen molar-refractivity contribution >= 4 is 5.91 Å². The number of rotatable bonds is 6. The number of hydrogen-bond acceptors (Lipinski definition) is 4. The number of pyridine rings is 1. The molecule has 3 aromatic rings. The Kier molecular flexibility index (Phi) is 6.48. The summed E-state index contributed by atoms with van der Waals surface area (Å²) in [5.41, 5.74) is 6.36. The molecule has 1 aliphatic heterocycles. The molecular formula is C26H29FN4O2. The second-order valence-corrected chi connectivity index (χ2v) is 8.89. The molecule has 0 bridgehead atoms. The molecule has 1 aliphatic carbocycles. The van der Waals surface area contributed by atoms with Crippen LogP contribution in [0.1, 0.15) is 59.3 Å². The van der Waals surface area contributed by atoms with Crippen LogP contribution >= 0.6 is 0 Å². The van der Waals surface area contributed by atoms with E-state index in [0.717, 1.165) is 35.5 Å². The van der Waals surface area contributed by atoms with E-state index in [2.05, 4.69) is 10.2 Å². The van der Waals surface area contributed by atoms with Crippen molar-refractivity contribution in [3.63, 3.8) is 0 Å². The number of aryl methyl sites for hydroxylation is 2. The number of carbonyl (C=O) groups is 1. The van der Waals surface area contributed by atoms with Crippen LogP contribution in [0.15, 0.2) is 42.5 Å². The summed E-state index contributed by atoms with van der Waals surface area (Å²) in [5, 5.41) is 7.64. The molecule has 1 N–H and O–H groups in total. The van der Waals surface area contributed by atoms with Crippen LogP contribution in [0.25, 0.3) is 0 Å². The molecule has 33 heavy (non-hydrogen) atoms. The smallest absolute Gasteiger partial charge is 0.223 e. The fraction of sp³-hybridized carbons (Fsp3) is 0.423. The summed E-state index contributed by atoms with van der Waals surface area (Å²) in [6.45, 7) is 1.60. The number of benzene rings is 1. The van der Waals surface area contributed by atoms with Crippen molar-refractivity contribution in [2.75, 3.05) is 19.7 Å². The number of morpholine rings is 1. The largest absolute Gasteiger partial charge is 0.368 e. The van der Waals surface area contributed by atoms with Crippen molar-refractivity contribution in [3.05, 3.63) is 82.2 Å². The SMILES string of the molecule is O=C(CCc1n[nH]c2c1CCCC2)N1CCO[C@@H](c2cccc(Cc3ccc(F)cc3)n2)C1. The lowest BCUT2D eigenvalue weighted by Gasteiger charge is -2.33. The van der Waals surface area contributed by atoms with Gasteiger partial charge in [0.25, 0.3) is 0 Å². The van der Waals surface area contributed by atoms with Crippen LogP contribution in [0, 0.1) is 5.82 Å². The number of nitrogens with zero attached hydrogens (tertiary/aromatic N) is 3. The van der Waals surface area contributed by atoms with Crippen LogP contribution in [-0.2, 0) is 35.2 Å². The minimum absolute atomic E-state index is 0.137. The number of fused-ring (bicyclic) bond motifs is 1. The number of hydrogen-bond donors (Lipinski definition) is 1. The monoisotopic (exact) mass is 448 g/mol. The number of nitrogens with one attached hydrogen (secondary N) is 1. The van der Waals surface area contributed by atoms with Gasteiger partial charge < -0.3 is 9.64 Å². The molecule has 1 fully saturated rings. The molecule has 172 valence electrons. The van der Waals surface area contributed by atoms with Crippen LogP contribution in [0.4, 0.5) is 4.39 Å². The third kappa shape index (κ3) is 5.14. The van der Waals surface area contributed by atoms with Gasteiger partial charge in [-0.15, -0.1) is 0 Å². The summed E-state index contributed by atoms with van der Waals surface area (Å²) < 4.78 is 19.1. The minimum atomic E-state index is -0.243. The van der Waals surface area contributed by atoms with E-state index in [1.165, 1.54) is 36.2 Å². The van der Waals surface area contributed by atoms with E-state index < -0.39 is 0 Å². The van der Waals surface area contributed by atoms with Gasteiger partial charge in [0.2, 0.25) is 5.91 Å². The van der Waals surface area contributed by atoms with E-state index in [-0.39, 0.29) is 17.8 Å². The van der Waals surface area contributed by atoms with E-state index in [4.69, 9.17) is 9.72 Å². The van der Waals surface area contributed by atoms with E-state index in [1.807, 2.05) is 23.1 Å². The van der Waals surface area contributed by atoms with Crippen molar-refractivity contribution in [2.45, 2.75) is 51.0 Å². The van der Waals surface area contributed by atoms with Gasteiger partial charge >= 0.3 is 0 Å². The average Bonchev–Trinajstić information content (AvgIpc) is 3.27. The molecule has 0 unspecified atom stereocenters. The topological polar surface area (TPSA) is 71.1 Å². The van der Waals surface area contributed by atoms with Gasteiger partial charge in [-0.05, 0) is 61.1 Å². The Morgan fingerprint density at radius 1 is 1.15 bits per heavy atom. The van der Waals surface area contributed by atoms with Gasteiger partial charge in [0.15, 0.2) is 0 Å². The molecule has 3 heterocycles. The van der Waals surface area contributed by atoms with Crippen molar-refractivity contribution in [2.24, 2.45) is 0 Å². The first-order chi connectivity index (χ1) is 16.2. The number of H-pyrrole nitrogens is 1. The third-order valence-electron chi connectivity index (χ3n) is 6.59. The molecule has 5 rings (SSSR count). The summed E-state index contributed by atoms with van der Waals surface area (Å²) >= 11 is 0. The van der Waals surface area contributed by atoms with Gasteiger partial charge in [-0.1, -0.05) is 18.2 Å². The van der Waals surface area contributed by atoms with Crippen molar-refractivity contribution in [3.8, 4) is 0 Å². The first-order valence-electron chi connectivity index (χ1n) is 11.8. The molecule has 1 atom stereocenters. The zero-order chi connectivity index (χ0) is 22.6. The number of carbonyl (C=O) groups excluding carboxylic acids is 1. The second kappa shape index (κ2) is 9.83. The Labute approximate surface area is 193 Å². The van der Waals surface area contributed by atoms with Crippen LogP contribution in [0.5, 0.6) is 0 Å². The van der Waals surface area contributed by atoms with Gasteiger partial charge in [0.1, 0.15) is 11.9 Å². The van der Waals surface area contributed by atoms with Crippen LogP contribution < -0.4 is 0 Å². The van der Waals surface area contributed by atoms with Crippen LogP contribution in [0.3, 0.4) is 0 Å². The Balaban J connectivity index is 1.20. The maximum absolute atomic E-state index is 13.2. The molecular weight excluding hydrogens is 419 g/mol. The van der Waals surface area contributed by atoms with Crippen molar-refractivity contribution in [1.82, 2.24) is 20.1 Å². The maximum atomic E-state index is 13.2. The number of aromatic nitrogens is 3. The average molecular weight is 449 g/mol. The quantitative estimate of drug-likeness (QED) is 0.620. The van der Waals surface area contributed by atoms with Gasteiger partial charge in [-0.3, -0.25) is 14.9 Å². The predicted octanol–water partition coefficient (Wildman–Crippen LogP) is 3.95. The standard InChI is InChI=1S/C26H29FN4O2/c27-19-10-8-18(9-11-19)16-20-4-3-7-24(28-20)25-17-31(14-15-33-25)26(32)13-12-23-21-5-1-2-6-22(21)29-30-23/h3-4,7-11,25H,1-2,5-6,12-17H2,(H,29,30)/t25-/m1/s1.